The van der Waals surface area contributed by atoms with Gasteiger partial charge in [0, 0.05) is 30.2 Å². The molecule has 1 aliphatic heterocycles. The van der Waals surface area contributed by atoms with E-state index in [0.29, 0.717) is 18.1 Å². The fraction of sp³-hybridized carbons (Fsp3) is 0.500. The second kappa shape index (κ2) is 5.58. The maximum absolute atomic E-state index is 12.7. The highest BCUT2D eigenvalue weighted by molar-refractivity contribution is 7.89. The lowest BCUT2D eigenvalue weighted by Crippen LogP contribution is -2.57. The number of rotatable bonds is 2. The lowest BCUT2D eigenvalue weighted by atomic mass is 10.2. The van der Waals surface area contributed by atoms with Crippen molar-refractivity contribution in [2.75, 3.05) is 13.1 Å². The van der Waals surface area contributed by atoms with Crippen LogP contribution in [-0.2, 0) is 10.0 Å². The molecule has 1 N–H and O–H groups in total. The molecule has 1 aliphatic rings. The fourth-order valence-electron chi connectivity index (χ4n) is 2.38. The number of halogens is 2. The smallest absolute Gasteiger partial charge is 0.245 e. The Morgan fingerprint density at radius 2 is 1.79 bits per heavy atom. The van der Waals surface area contributed by atoms with Gasteiger partial charge in [0.1, 0.15) is 4.90 Å². The van der Waals surface area contributed by atoms with Gasteiger partial charge in [0.15, 0.2) is 0 Å². The predicted octanol–water partition coefficient (Wildman–Crippen LogP) is 2.36. The van der Waals surface area contributed by atoms with Crippen LogP contribution in [0.5, 0.6) is 0 Å². The van der Waals surface area contributed by atoms with Gasteiger partial charge in [-0.3, -0.25) is 0 Å². The van der Waals surface area contributed by atoms with Gasteiger partial charge in [-0.2, -0.15) is 4.31 Å². The first-order valence-electron chi connectivity index (χ1n) is 6.03. The molecule has 1 aromatic rings. The van der Waals surface area contributed by atoms with E-state index in [0.717, 1.165) is 0 Å². The minimum atomic E-state index is -3.64. The number of piperazine rings is 1. The summed E-state index contributed by atoms with van der Waals surface area (Å²) < 4.78 is 27.0. The topological polar surface area (TPSA) is 49.4 Å². The Balaban J connectivity index is 2.49. The van der Waals surface area contributed by atoms with Crippen molar-refractivity contribution < 1.29 is 8.42 Å². The van der Waals surface area contributed by atoms with Crippen molar-refractivity contribution in [2.24, 2.45) is 0 Å². The van der Waals surface area contributed by atoms with Crippen LogP contribution in [0.2, 0.25) is 10.0 Å². The molecule has 0 saturated carbocycles. The van der Waals surface area contributed by atoms with Crippen LogP contribution < -0.4 is 5.32 Å². The Hall–Kier alpha value is -0.330. The number of nitrogens with zero attached hydrogens (tertiary/aromatic N) is 1. The second-order valence-corrected chi connectivity index (χ2v) is 7.42. The van der Waals surface area contributed by atoms with Gasteiger partial charge in [-0.1, -0.05) is 23.2 Å². The first-order chi connectivity index (χ1) is 8.84. The third-order valence-corrected chi connectivity index (χ3v) is 6.04. The van der Waals surface area contributed by atoms with Crippen LogP contribution in [0.4, 0.5) is 0 Å². The molecule has 2 unspecified atom stereocenters. The highest BCUT2D eigenvalue weighted by Crippen LogP contribution is 2.30. The van der Waals surface area contributed by atoms with Crippen LogP contribution in [0, 0.1) is 0 Å². The summed E-state index contributed by atoms with van der Waals surface area (Å²) in [6, 6.07) is 4.25. The SMILES string of the molecule is CC1CNCC(C)N1S(=O)(=O)c1cc(Cl)ccc1Cl. The zero-order valence-electron chi connectivity index (χ0n) is 10.7. The number of hydrogen-bond donors (Lipinski definition) is 1. The summed E-state index contributed by atoms with van der Waals surface area (Å²) in [6.07, 6.45) is 0. The average molecular weight is 323 g/mol. The van der Waals surface area contributed by atoms with Crippen molar-refractivity contribution in [1.29, 1.82) is 0 Å². The minimum absolute atomic E-state index is 0.0715. The van der Waals surface area contributed by atoms with Crippen LogP contribution in [0.25, 0.3) is 0 Å². The van der Waals surface area contributed by atoms with E-state index in [1.807, 2.05) is 13.8 Å². The molecule has 4 nitrogen and oxygen atoms in total. The van der Waals surface area contributed by atoms with Crippen LogP contribution >= 0.6 is 23.2 Å². The molecule has 0 aliphatic carbocycles. The molecule has 0 bridgehead atoms. The van der Waals surface area contributed by atoms with Crippen molar-refractivity contribution in [3.05, 3.63) is 28.2 Å². The minimum Gasteiger partial charge on any atom is -0.314 e. The first kappa shape index (κ1) is 15.1. The second-order valence-electron chi connectivity index (χ2n) is 4.77. The molecule has 0 amide bonds. The summed E-state index contributed by atoms with van der Waals surface area (Å²) in [5.74, 6) is 0. The lowest BCUT2D eigenvalue weighted by molar-refractivity contribution is 0.220. The summed E-state index contributed by atoms with van der Waals surface area (Å²) in [5.41, 5.74) is 0. The summed E-state index contributed by atoms with van der Waals surface area (Å²) in [7, 11) is -3.64. The largest absolute Gasteiger partial charge is 0.314 e. The van der Waals surface area contributed by atoms with Crippen molar-refractivity contribution >= 4 is 33.2 Å². The van der Waals surface area contributed by atoms with Gasteiger partial charge in [0.2, 0.25) is 10.0 Å². The molecule has 19 heavy (non-hydrogen) atoms. The quantitative estimate of drug-likeness (QED) is 0.909. The van der Waals surface area contributed by atoms with Crippen molar-refractivity contribution in [2.45, 2.75) is 30.8 Å². The van der Waals surface area contributed by atoms with Gasteiger partial charge < -0.3 is 5.32 Å². The van der Waals surface area contributed by atoms with Gasteiger partial charge in [-0.15, -0.1) is 0 Å². The van der Waals surface area contributed by atoms with E-state index in [4.69, 9.17) is 23.2 Å². The predicted molar refractivity (Wildman–Crippen MR) is 77.3 cm³/mol. The van der Waals surface area contributed by atoms with Gasteiger partial charge in [0.05, 0.1) is 5.02 Å². The van der Waals surface area contributed by atoms with Gasteiger partial charge in [-0.05, 0) is 32.0 Å². The molecule has 2 atom stereocenters. The molecule has 7 heteroatoms. The Morgan fingerprint density at radius 3 is 2.37 bits per heavy atom. The fourth-order valence-corrected chi connectivity index (χ4v) is 4.94. The first-order valence-corrected chi connectivity index (χ1v) is 8.23. The van der Waals surface area contributed by atoms with E-state index >= 15 is 0 Å². The normalized spacial score (nSPS) is 25.5. The molecule has 1 fully saturated rings. The Morgan fingerprint density at radius 1 is 1.21 bits per heavy atom. The molecule has 106 valence electrons. The van der Waals surface area contributed by atoms with Crippen LogP contribution in [0.15, 0.2) is 23.1 Å². The average Bonchev–Trinajstić information content (AvgIpc) is 2.31. The van der Waals surface area contributed by atoms with Gasteiger partial charge in [0.25, 0.3) is 0 Å². The van der Waals surface area contributed by atoms with E-state index < -0.39 is 10.0 Å². The van der Waals surface area contributed by atoms with E-state index in [1.165, 1.54) is 16.4 Å². The third-order valence-electron chi connectivity index (χ3n) is 3.20. The molecule has 0 radical (unpaired) electrons. The van der Waals surface area contributed by atoms with E-state index in [1.54, 1.807) is 6.07 Å². The molecular formula is C12H16Cl2N2O2S. The van der Waals surface area contributed by atoms with E-state index in [2.05, 4.69) is 5.32 Å². The number of sulfonamides is 1. The zero-order chi connectivity index (χ0) is 14.2. The van der Waals surface area contributed by atoms with E-state index in [9.17, 15) is 8.42 Å². The van der Waals surface area contributed by atoms with Crippen LogP contribution in [0.3, 0.4) is 0 Å². The molecule has 2 rings (SSSR count). The Kier molecular flexibility index (Phi) is 4.42. The highest BCUT2D eigenvalue weighted by atomic mass is 35.5. The summed E-state index contributed by atoms with van der Waals surface area (Å²) in [4.78, 5) is 0.0715. The monoisotopic (exact) mass is 322 g/mol. The molecule has 0 aromatic heterocycles. The molecular weight excluding hydrogens is 307 g/mol. The Bertz CT molecular complexity index is 567. The van der Waals surface area contributed by atoms with Crippen molar-refractivity contribution in [3.63, 3.8) is 0 Å². The molecule has 0 spiro atoms. The van der Waals surface area contributed by atoms with E-state index in [-0.39, 0.29) is 22.0 Å². The molecule has 1 aromatic carbocycles. The maximum Gasteiger partial charge on any atom is 0.245 e. The lowest BCUT2D eigenvalue weighted by Gasteiger charge is -2.38. The third kappa shape index (κ3) is 2.90. The number of nitrogens with one attached hydrogen (secondary N) is 1. The van der Waals surface area contributed by atoms with Gasteiger partial charge >= 0.3 is 0 Å². The maximum atomic E-state index is 12.7. The van der Waals surface area contributed by atoms with Crippen LogP contribution in [0.1, 0.15) is 13.8 Å². The molecule has 1 saturated heterocycles. The summed E-state index contributed by atoms with van der Waals surface area (Å²) in [5, 5.41) is 3.75. The summed E-state index contributed by atoms with van der Waals surface area (Å²) >= 11 is 11.9. The zero-order valence-corrected chi connectivity index (χ0v) is 13.1. The number of benzene rings is 1. The van der Waals surface area contributed by atoms with Crippen molar-refractivity contribution in [1.82, 2.24) is 9.62 Å². The summed E-state index contributed by atoms with van der Waals surface area (Å²) in [6.45, 7) is 5.00. The Labute approximate surface area is 123 Å². The molecule has 1 heterocycles. The van der Waals surface area contributed by atoms with Gasteiger partial charge in [-0.25, -0.2) is 8.42 Å². The van der Waals surface area contributed by atoms with Crippen LogP contribution in [-0.4, -0.2) is 37.9 Å². The van der Waals surface area contributed by atoms with Crippen molar-refractivity contribution in [3.8, 4) is 0 Å². The number of hydrogen-bond acceptors (Lipinski definition) is 3. The standard InChI is InChI=1S/C12H16Cl2N2O2S/c1-8-6-15-7-9(2)16(8)19(17,18)12-5-10(13)3-4-11(12)14/h3-5,8-9,15H,6-7H2,1-2H3. The highest BCUT2D eigenvalue weighted by Gasteiger charge is 2.36.